The molecular weight excluding hydrogens is 781 g/mol. The molecule has 0 aromatic heterocycles. The van der Waals surface area contributed by atoms with Gasteiger partial charge in [0.15, 0.2) is 0 Å². The van der Waals surface area contributed by atoms with Crippen LogP contribution in [0.15, 0.2) is 152 Å². The van der Waals surface area contributed by atoms with E-state index in [0.717, 1.165) is 5.66 Å². The monoisotopic (exact) mass is 836 g/mol. The van der Waals surface area contributed by atoms with Crippen molar-refractivity contribution in [2.24, 2.45) is 0 Å². The van der Waals surface area contributed by atoms with Gasteiger partial charge in [-0.25, -0.2) is 0 Å². The Morgan fingerprint density at radius 2 is 0.660 bits per heavy atom. The average Bonchev–Trinajstić information content (AvgIpc) is 3.85. The first-order valence-electron chi connectivity index (χ1n) is 17.8. The van der Waals surface area contributed by atoms with Gasteiger partial charge in [-0.3, -0.25) is 0 Å². The molecule has 0 N–H and O–H groups in total. The number of hydrogen-bond acceptors (Lipinski definition) is 0. The van der Waals surface area contributed by atoms with Gasteiger partial charge in [-0.2, -0.15) is 0 Å². The maximum atomic E-state index is 4.49. The van der Waals surface area contributed by atoms with Crippen LogP contribution < -0.4 is 0 Å². The van der Waals surface area contributed by atoms with Crippen LogP contribution in [0.25, 0.3) is 0 Å². The van der Waals surface area contributed by atoms with Gasteiger partial charge in [-0.05, 0) is 82.6 Å². The van der Waals surface area contributed by atoms with E-state index in [2.05, 4.69) is 200 Å². The molecule has 0 amide bonds. The Kier molecular flexibility index (Phi) is 22.1. The fourth-order valence-electron chi connectivity index (χ4n) is 7.78. The molecule has 2 saturated carbocycles. The summed E-state index contributed by atoms with van der Waals surface area (Å²) in [5.74, 6) is 1.79. The Labute approximate surface area is 332 Å². The summed E-state index contributed by atoms with van der Waals surface area (Å²) in [5, 5.41) is 0. The molecule has 0 spiro atoms. The molecule has 2 fully saturated rings. The molecule has 0 nitrogen and oxygen atoms in total. The summed E-state index contributed by atoms with van der Waals surface area (Å²) in [7, 11) is 5.70. The Hall–Kier alpha value is -2.00. The first-order valence-corrected chi connectivity index (χ1v) is 21.4. The molecule has 2 aliphatic carbocycles. The second kappa shape index (κ2) is 25.1. The van der Waals surface area contributed by atoms with Crippen molar-refractivity contribution in [3.8, 4) is 0 Å². The van der Waals surface area contributed by atoms with Gasteiger partial charge in [0, 0.05) is 17.1 Å². The van der Waals surface area contributed by atoms with Crippen molar-refractivity contribution >= 4 is 18.1 Å². The fourth-order valence-corrected chi connectivity index (χ4v) is 8.77. The fraction of sp³-hybridized carbons (Fsp3) is 0.326. The van der Waals surface area contributed by atoms with Crippen molar-refractivity contribution in [2.45, 2.75) is 87.6 Å². The molecule has 0 saturated heterocycles. The molecule has 0 radical (unpaired) electrons. The molecule has 0 heterocycles. The summed E-state index contributed by atoms with van der Waals surface area (Å²) < 4.78 is 0. The van der Waals surface area contributed by atoms with E-state index in [0.29, 0.717) is 29.6 Å². The Bertz CT molecular complexity index is 1250. The minimum absolute atomic E-state index is 0. The van der Waals surface area contributed by atoms with E-state index in [1.165, 1.54) is 74.9 Å². The summed E-state index contributed by atoms with van der Waals surface area (Å²) >= 11 is 2.22. The van der Waals surface area contributed by atoms with Crippen LogP contribution in [-0.4, -0.2) is 12.3 Å². The first-order chi connectivity index (χ1) is 23.8. The normalized spacial score (nSPS) is 20.9. The SMILES string of the molecule is CCCC.CPC1CCCC1.[CH3-].[Cl][Pd+].[Fe].c1ccc(C2C(c3ccccc3)C(c3ccccc3)C(c3ccccc3)C2c2ccccc2)cc1. The molecule has 7 rings (SSSR count). The zero-order valence-electron chi connectivity index (χ0n) is 30.2. The van der Waals surface area contributed by atoms with Gasteiger partial charge in [0.25, 0.3) is 0 Å². The van der Waals surface area contributed by atoms with E-state index in [-0.39, 0.29) is 24.5 Å². The third-order valence-electron chi connectivity index (χ3n) is 10.1. The van der Waals surface area contributed by atoms with Crippen LogP contribution in [0, 0.1) is 7.43 Å². The van der Waals surface area contributed by atoms with Crippen LogP contribution >= 0.6 is 18.1 Å². The molecule has 50 heavy (non-hydrogen) atoms. The third-order valence-corrected chi connectivity index (χ3v) is 11.5. The molecule has 5 aromatic carbocycles. The third kappa shape index (κ3) is 12.0. The molecule has 270 valence electrons. The molecule has 5 aromatic rings. The van der Waals surface area contributed by atoms with Crippen LogP contribution in [0.1, 0.15) is 110 Å². The van der Waals surface area contributed by atoms with Crippen molar-refractivity contribution in [1.82, 2.24) is 0 Å². The van der Waals surface area contributed by atoms with Gasteiger partial charge in [0.1, 0.15) is 0 Å². The van der Waals surface area contributed by atoms with E-state index in [4.69, 9.17) is 0 Å². The van der Waals surface area contributed by atoms with Crippen LogP contribution in [0.4, 0.5) is 0 Å². The van der Waals surface area contributed by atoms with E-state index < -0.39 is 0 Å². The van der Waals surface area contributed by atoms with E-state index in [9.17, 15) is 0 Å². The predicted molar refractivity (Wildman–Crippen MR) is 215 cm³/mol. The van der Waals surface area contributed by atoms with Crippen LogP contribution in [-0.2, 0) is 35.2 Å². The average molecular weight is 838 g/mol. The Morgan fingerprint density at radius 3 is 0.800 bits per heavy atom. The summed E-state index contributed by atoms with van der Waals surface area (Å²) in [6.07, 6.45) is 8.70. The predicted octanol–water partition coefficient (Wildman–Crippen LogP) is 14.1. The van der Waals surface area contributed by atoms with Crippen molar-refractivity contribution < 1.29 is 35.2 Å². The summed E-state index contributed by atoms with van der Waals surface area (Å²) in [4.78, 5) is 0. The van der Waals surface area contributed by atoms with Gasteiger partial charge in [0.2, 0.25) is 0 Å². The molecular formula is C46H56ClFePPd. The molecule has 0 bridgehead atoms. The van der Waals surface area contributed by atoms with Crippen molar-refractivity contribution in [2.75, 3.05) is 6.66 Å². The standard InChI is InChI=1S/C35H30.C6H13P.C4H10.CH3.ClH.Fe.Pd/c1-6-16-26(17-7-1)31-32(27-18-8-2-9-19-27)34(29-22-12-4-13-23-29)35(30-24-14-5-15-25-30)33(31)28-20-10-3-11-21-28;1-7-6-4-2-3-5-6;1-3-4-2;;;;/h1-25,31-35H;6-7H,2-5H2,1H3;3-4H2,1-2H3;1H3;1H;;/q;;;-1;;;+2/p-1. The van der Waals surface area contributed by atoms with Gasteiger partial charge < -0.3 is 7.43 Å². The quantitative estimate of drug-likeness (QED) is 0.0870. The van der Waals surface area contributed by atoms with Crippen LogP contribution in [0.2, 0.25) is 0 Å². The molecule has 0 aliphatic heterocycles. The number of halogens is 1. The summed E-state index contributed by atoms with van der Waals surface area (Å²) in [6, 6.07) is 56.1. The maximum Gasteiger partial charge on any atom is 0 e. The second-order valence-corrected chi connectivity index (χ2v) is 14.3. The topological polar surface area (TPSA) is 0 Å². The second-order valence-electron chi connectivity index (χ2n) is 13.0. The first kappa shape index (κ1) is 44.2. The summed E-state index contributed by atoms with van der Waals surface area (Å²) in [5.41, 5.74) is 8.25. The van der Waals surface area contributed by atoms with Crippen molar-refractivity contribution in [3.63, 3.8) is 0 Å². The van der Waals surface area contributed by atoms with Gasteiger partial charge in [0.05, 0.1) is 0 Å². The van der Waals surface area contributed by atoms with Crippen molar-refractivity contribution in [3.05, 3.63) is 187 Å². The van der Waals surface area contributed by atoms with Crippen LogP contribution in [0.5, 0.6) is 0 Å². The van der Waals surface area contributed by atoms with Crippen LogP contribution in [0.3, 0.4) is 0 Å². The molecule has 4 heteroatoms. The number of benzene rings is 5. The minimum atomic E-state index is 0. The number of hydrogen-bond donors (Lipinski definition) is 0. The van der Waals surface area contributed by atoms with E-state index >= 15 is 0 Å². The summed E-state index contributed by atoms with van der Waals surface area (Å²) in [6.45, 7) is 6.69. The largest absolute Gasteiger partial charge is 0.0622 e. The smallest absolute Gasteiger partial charge is 0 e. The Balaban J connectivity index is 0.000000496. The Morgan fingerprint density at radius 1 is 0.460 bits per heavy atom. The minimum Gasteiger partial charge on any atom is -0.0622 e. The van der Waals surface area contributed by atoms with Crippen molar-refractivity contribution in [1.29, 1.82) is 0 Å². The van der Waals surface area contributed by atoms with Gasteiger partial charge in [-0.15, -0.1) is 8.58 Å². The maximum absolute atomic E-state index is 4.49. The zero-order valence-corrected chi connectivity index (χ0v) is 34.6. The van der Waals surface area contributed by atoms with Gasteiger partial charge >= 0.3 is 27.7 Å². The zero-order chi connectivity index (χ0) is 34.0. The number of unbranched alkanes of at least 4 members (excludes halogenated alkanes) is 1. The number of rotatable bonds is 7. The molecule has 2 aliphatic rings. The van der Waals surface area contributed by atoms with E-state index in [1.807, 2.05) is 0 Å². The van der Waals surface area contributed by atoms with Gasteiger partial charge in [-0.1, -0.05) is 191 Å². The molecule has 1 unspecified atom stereocenters. The van der Waals surface area contributed by atoms with E-state index in [1.54, 1.807) is 0 Å². The molecule has 1 atom stereocenters.